The highest BCUT2D eigenvalue weighted by Gasteiger charge is 2.52. The van der Waals surface area contributed by atoms with Crippen LogP contribution in [0.3, 0.4) is 0 Å². The van der Waals surface area contributed by atoms with Gasteiger partial charge in [-0.2, -0.15) is 0 Å². The van der Waals surface area contributed by atoms with Crippen LogP contribution in [-0.4, -0.2) is 145 Å². The average molecular weight is 905 g/mol. The molecule has 6 N–H and O–H groups in total. The summed E-state index contributed by atoms with van der Waals surface area (Å²) < 4.78 is 36.9. The SMILES string of the molecule is CCNC1COC(OC2C(O[C@H]3C#C/C=C\C#CC4=C(NC(=O)OC)C(=O)C[C@H](O)/C(=C/CS(C)=S)C43)OC(C)C(C(=O)C3=NCCc4c3[nH]c3ccc(O)cc43)C2O)CC1OC. The largest absolute Gasteiger partial charge is 0.508 e. The van der Waals surface area contributed by atoms with Crippen molar-refractivity contribution in [2.45, 2.75) is 88.4 Å². The molecule has 2 aromatic rings. The van der Waals surface area contributed by atoms with Crippen LogP contribution in [0.15, 0.2) is 58.3 Å². The van der Waals surface area contributed by atoms with Crippen molar-refractivity contribution in [2.75, 3.05) is 45.9 Å². The van der Waals surface area contributed by atoms with Gasteiger partial charge in [-0.3, -0.25) is 19.9 Å². The molecule has 7 rings (SSSR count). The highest BCUT2D eigenvalue weighted by atomic mass is 32.8. The van der Waals surface area contributed by atoms with Crippen molar-refractivity contribution >= 4 is 54.9 Å². The zero-order valence-corrected chi connectivity index (χ0v) is 37.2. The fraction of sp³-hybridized carbons (Fsp3) is 0.511. The standard InChI is InChI=1S/C45H52N4O12S2/c1-6-46-30-22-58-35(21-34(30)56-3)61-43-42(54)36(41(53)40-39-25(15-17-47-40)28-19-24(50)13-14-29(28)48-39)23(2)59-44(43)60-33-12-10-8-7-9-11-27-37(33)26(16-18-63(5)62)31(51)20-32(52)38(27)49-45(55)57-4/h7-8,13-14,16,19,23,30-31,33-37,42-44,46,48,50-51,54H,6,15,17-18,20-22H2,1-5H3,(H,49,55)/b8-7-,26-16-/t23?,30?,31-,33-,34?,35?,36?,37?,42?,43?,44?,63?/m0/s1. The predicted octanol–water partition coefficient (Wildman–Crippen LogP) is 1.79. The number of nitrogens with one attached hydrogen (secondary N) is 3. The third kappa shape index (κ3) is 10.1. The highest BCUT2D eigenvalue weighted by molar-refractivity contribution is 8.28. The topological polar surface area (TPSA) is 219 Å². The third-order valence-corrected chi connectivity index (χ3v) is 12.8. The number of Topliss-reactive ketones (excluding diaryl/α,β-unsaturated/α-hetero) is 2. The van der Waals surface area contributed by atoms with E-state index in [1.165, 1.54) is 12.2 Å². The molecule has 16 nitrogen and oxygen atoms in total. The Kier molecular flexibility index (Phi) is 15.1. The molecule has 2 fully saturated rings. The Bertz CT molecular complexity index is 2390. The molecule has 4 heterocycles. The number of aromatic nitrogens is 1. The predicted molar refractivity (Wildman–Crippen MR) is 236 cm³/mol. The summed E-state index contributed by atoms with van der Waals surface area (Å²) in [5.74, 6) is 8.94. The van der Waals surface area contributed by atoms with Crippen molar-refractivity contribution in [2.24, 2.45) is 16.8 Å². The van der Waals surface area contributed by atoms with Gasteiger partial charge in [0.2, 0.25) is 0 Å². The van der Waals surface area contributed by atoms with E-state index in [1.807, 2.05) is 13.2 Å². The number of aliphatic imine (C=N–C) groups is 1. The zero-order valence-electron chi connectivity index (χ0n) is 35.5. The molecule has 2 saturated heterocycles. The van der Waals surface area contributed by atoms with Gasteiger partial charge >= 0.3 is 6.09 Å². The number of H-pyrrole nitrogens is 1. The normalized spacial score (nSPS) is 32.2. The Hall–Kier alpha value is -4.57. The van der Waals surface area contributed by atoms with Gasteiger partial charge in [0.15, 0.2) is 24.1 Å². The summed E-state index contributed by atoms with van der Waals surface area (Å²) in [7, 11) is 2.20. The summed E-state index contributed by atoms with van der Waals surface area (Å²) in [6.07, 6.45) is -3.29. The second kappa shape index (κ2) is 20.5. The van der Waals surface area contributed by atoms with Crippen molar-refractivity contribution in [1.29, 1.82) is 0 Å². The Morgan fingerprint density at radius 2 is 1.97 bits per heavy atom. The van der Waals surface area contributed by atoms with E-state index in [-0.39, 0.29) is 47.9 Å². The van der Waals surface area contributed by atoms with Gasteiger partial charge < -0.3 is 54.0 Å². The van der Waals surface area contributed by atoms with E-state index in [1.54, 1.807) is 38.3 Å². The lowest BCUT2D eigenvalue weighted by Gasteiger charge is -2.46. The number of likely N-dealkylation sites (N-methyl/N-ethyl adjacent to an activating group) is 1. The molecule has 336 valence electrons. The second-order valence-corrected chi connectivity index (χ2v) is 18.9. The molecule has 1 amide bonds. The third-order valence-electron chi connectivity index (χ3n) is 11.7. The van der Waals surface area contributed by atoms with Gasteiger partial charge in [-0.1, -0.05) is 47.9 Å². The molecular formula is C45H52N4O12S2. The molecule has 0 saturated carbocycles. The summed E-state index contributed by atoms with van der Waals surface area (Å²) >= 11 is 5.51. The number of fused-ring (bicyclic) bond motifs is 4. The lowest BCUT2D eigenvalue weighted by atomic mass is 9.82. The number of ether oxygens (including phenoxy) is 6. The van der Waals surface area contributed by atoms with Crippen LogP contribution >= 0.6 is 0 Å². The molecule has 63 heavy (non-hydrogen) atoms. The van der Waals surface area contributed by atoms with E-state index in [0.29, 0.717) is 36.5 Å². The molecule has 0 radical (unpaired) electrons. The van der Waals surface area contributed by atoms with E-state index >= 15 is 0 Å². The molecule has 1 aromatic heterocycles. The molecule has 3 aliphatic heterocycles. The summed E-state index contributed by atoms with van der Waals surface area (Å²) in [6, 6.07) is 4.79. The Morgan fingerprint density at radius 1 is 1.17 bits per heavy atom. The number of benzene rings is 1. The number of ketones is 2. The first kappa shape index (κ1) is 46.4. The van der Waals surface area contributed by atoms with Gasteiger partial charge in [0.05, 0.1) is 67.4 Å². The molecular weight excluding hydrogens is 853 g/mol. The van der Waals surface area contributed by atoms with Crippen LogP contribution in [0.5, 0.6) is 5.75 Å². The van der Waals surface area contributed by atoms with Crippen molar-refractivity contribution in [1.82, 2.24) is 15.6 Å². The smallest absolute Gasteiger partial charge is 0.411 e. The number of aliphatic hydroxyl groups is 2. The lowest BCUT2D eigenvalue weighted by Crippen LogP contribution is -2.61. The minimum atomic E-state index is -1.57. The lowest BCUT2D eigenvalue weighted by molar-refractivity contribution is -0.331. The van der Waals surface area contributed by atoms with E-state index in [4.69, 9.17) is 39.6 Å². The second-order valence-electron chi connectivity index (χ2n) is 15.7. The number of rotatable bonds is 12. The van der Waals surface area contributed by atoms with Gasteiger partial charge in [-0.05, 0) is 67.6 Å². The number of hydrogen-bond donors (Lipinski definition) is 6. The monoisotopic (exact) mass is 904 g/mol. The van der Waals surface area contributed by atoms with Crippen LogP contribution in [0.25, 0.3) is 10.9 Å². The number of nitrogens with zero attached hydrogens (tertiary/aromatic N) is 1. The number of aromatic amines is 1. The quantitative estimate of drug-likeness (QED) is 0.132. The summed E-state index contributed by atoms with van der Waals surface area (Å²) in [4.78, 5) is 49.2. The van der Waals surface area contributed by atoms with E-state index in [2.05, 4.69) is 44.3 Å². The number of carbonyl (C=O) groups is 3. The first-order valence-electron chi connectivity index (χ1n) is 20.8. The van der Waals surface area contributed by atoms with Gasteiger partial charge in [0.1, 0.15) is 23.7 Å². The summed E-state index contributed by atoms with van der Waals surface area (Å²) in [5, 5.41) is 41.1. The molecule has 1 aromatic carbocycles. The summed E-state index contributed by atoms with van der Waals surface area (Å²) in [5.41, 5.74) is 2.40. The van der Waals surface area contributed by atoms with Crippen molar-refractivity contribution in [3.63, 3.8) is 0 Å². The summed E-state index contributed by atoms with van der Waals surface area (Å²) in [6.45, 7) is 4.81. The maximum absolute atomic E-state index is 14.8. The van der Waals surface area contributed by atoms with Crippen molar-refractivity contribution in [3.8, 4) is 29.4 Å². The van der Waals surface area contributed by atoms with Crippen LogP contribution in [0.4, 0.5) is 4.79 Å². The number of methoxy groups -OCH3 is 2. The number of aliphatic hydroxyl groups excluding tert-OH is 2. The fourth-order valence-electron chi connectivity index (χ4n) is 8.76. The minimum absolute atomic E-state index is 0.0852. The molecule has 2 aliphatic carbocycles. The maximum atomic E-state index is 14.8. The minimum Gasteiger partial charge on any atom is -0.508 e. The number of aromatic hydroxyl groups is 1. The number of carbonyl (C=O) groups excluding carboxylic acids is 3. The maximum Gasteiger partial charge on any atom is 0.411 e. The van der Waals surface area contributed by atoms with Crippen LogP contribution in [0.2, 0.25) is 0 Å². The number of hydrogen-bond acceptors (Lipinski definition) is 15. The fourth-order valence-corrected chi connectivity index (χ4v) is 9.39. The molecule has 10 unspecified atom stereocenters. The number of alkyl carbamates (subject to hydrolysis) is 1. The molecule has 0 spiro atoms. The Balaban J connectivity index is 1.29. The molecule has 0 bridgehead atoms. The van der Waals surface area contributed by atoms with Gasteiger partial charge in [0, 0.05) is 48.7 Å². The molecule has 5 aliphatic rings. The number of phenolic OH excluding ortho intramolecular Hbond substituents is 1. The van der Waals surface area contributed by atoms with Crippen molar-refractivity contribution in [3.05, 3.63) is 64.5 Å². The first-order valence-corrected chi connectivity index (χ1v) is 23.5. The van der Waals surface area contributed by atoms with Crippen LogP contribution < -0.4 is 10.6 Å². The number of phenols is 1. The van der Waals surface area contributed by atoms with E-state index in [0.717, 1.165) is 23.6 Å². The van der Waals surface area contributed by atoms with Gasteiger partial charge in [-0.25, -0.2) is 4.79 Å². The first-order chi connectivity index (χ1) is 30.3. The number of allylic oxidation sites excluding steroid dienone is 3. The Labute approximate surface area is 372 Å². The van der Waals surface area contributed by atoms with Gasteiger partial charge in [0.25, 0.3) is 0 Å². The van der Waals surface area contributed by atoms with Gasteiger partial charge in [-0.15, -0.1) is 9.45 Å². The molecule has 12 atom stereocenters. The highest BCUT2D eigenvalue weighted by Crippen LogP contribution is 2.40. The zero-order chi connectivity index (χ0) is 44.9. The molecule has 18 heteroatoms. The average Bonchev–Trinajstić information content (AvgIpc) is 3.63. The number of amides is 1. The van der Waals surface area contributed by atoms with E-state index in [9.17, 15) is 29.7 Å². The Morgan fingerprint density at radius 3 is 2.71 bits per heavy atom. The van der Waals surface area contributed by atoms with Crippen LogP contribution in [0, 0.1) is 35.5 Å². The van der Waals surface area contributed by atoms with Crippen LogP contribution in [0.1, 0.15) is 37.9 Å². The van der Waals surface area contributed by atoms with Crippen molar-refractivity contribution < 1.29 is 58.1 Å². The van der Waals surface area contributed by atoms with E-state index < -0.39 is 88.5 Å². The van der Waals surface area contributed by atoms with Crippen LogP contribution in [-0.2, 0) is 65.1 Å².